The molecule has 2 aliphatic rings. The molecule has 0 amide bonds. The van der Waals surface area contributed by atoms with Gasteiger partial charge in [0.15, 0.2) is 0 Å². The summed E-state index contributed by atoms with van der Waals surface area (Å²) in [4.78, 5) is 2.58. The molecule has 0 radical (unpaired) electrons. The van der Waals surface area contributed by atoms with Gasteiger partial charge in [0.1, 0.15) is 0 Å². The maximum Gasteiger partial charge on any atom is 0.0595 e. The molecule has 0 spiro atoms. The van der Waals surface area contributed by atoms with Crippen LogP contribution < -0.4 is 5.32 Å². The van der Waals surface area contributed by atoms with Gasteiger partial charge in [-0.05, 0) is 68.1 Å². The Morgan fingerprint density at radius 3 is 2.46 bits per heavy atom. The third kappa shape index (κ3) is 4.61. The van der Waals surface area contributed by atoms with Gasteiger partial charge in [-0.2, -0.15) is 0 Å². The van der Waals surface area contributed by atoms with Crippen LogP contribution in [0.3, 0.4) is 0 Å². The lowest BCUT2D eigenvalue weighted by atomic mass is 9.96. The molecule has 0 aromatic heterocycles. The van der Waals surface area contributed by atoms with Crippen LogP contribution in [0.2, 0.25) is 10.0 Å². The normalized spacial score (nSPS) is 23.9. The predicted octanol–water partition coefficient (Wildman–Crippen LogP) is 5.35. The van der Waals surface area contributed by atoms with E-state index in [9.17, 15) is 0 Å². The Balaban J connectivity index is 1.18. The quantitative estimate of drug-likeness (QED) is 0.716. The zero-order valence-electron chi connectivity index (χ0n) is 15.0. The summed E-state index contributed by atoms with van der Waals surface area (Å²) in [5.41, 5.74) is 2.74. The molecule has 1 heterocycles. The Morgan fingerprint density at radius 1 is 0.962 bits per heavy atom. The van der Waals surface area contributed by atoms with E-state index in [1.54, 1.807) is 0 Å². The number of hydrogen-bond acceptors (Lipinski definition) is 2. The van der Waals surface area contributed by atoms with Crippen LogP contribution in [-0.2, 0) is 6.54 Å². The molecule has 0 unspecified atom stereocenters. The number of benzene rings is 2. The molecule has 26 heavy (non-hydrogen) atoms. The van der Waals surface area contributed by atoms with Crippen molar-refractivity contribution in [2.75, 3.05) is 19.6 Å². The van der Waals surface area contributed by atoms with E-state index in [1.807, 2.05) is 12.1 Å². The Kier molecular flexibility index (Phi) is 5.85. The highest BCUT2D eigenvalue weighted by Crippen LogP contribution is 2.42. The number of nitrogens with one attached hydrogen (secondary N) is 1. The van der Waals surface area contributed by atoms with Gasteiger partial charge in [0.2, 0.25) is 0 Å². The summed E-state index contributed by atoms with van der Waals surface area (Å²) in [5, 5.41) is 5.09. The fourth-order valence-electron chi connectivity index (χ4n) is 4.04. The Morgan fingerprint density at radius 2 is 1.73 bits per heavy atom. The van der Waals surface area contributed by atoms with E-state index in [-0.39, 0.29) is 0 Å². The molecule has 1 N–H and O–H groups in total. The van der Waals surface area contributed by atoms with Crippen LogP contribution in [0.4, 0.5) is 0 Å². The van der Waals surface area contributed by atoms with Crippen LogP contribution in [0.25, 0.3) is 0 Å². The molecular weight excluding hydrogens is 363 g/mol. The van der Waals surface area contributed by atoms with Crippen molar-refractivity contribution in [3.63, 3.8) is 0 Å². The van der Waals surface area contributed by atoms with E-state index >= 15 is 0 Å². The van der Waals surface area contributed by atoms with Gasteiger partial charge in [-0.3, -0.25) is 4.90 Å². The minimum absolute atomic E-state index is 0.600. The predicted molar refractivity (Wildman–Crippen MR) is 110 cm³/mol. The topological polar surface area (TPSA) is 15.3 Å². The van der Waals surface area contributed by atoms with E-state index in [4.69, 9.17) is 23.2 Å². The number of nitrogens with zero attached hydrogens (tertiary/aromatic N) is 1. The van der Waals surface area contributed by atoms with E-state index < -0.39 is 0 Å². The van der Waals surface area contributed by atoms with Crippen LogP contribution in [0.1, 0.15) is 36.3 Å². The standard InChI is InChI=1S/C22H26Cl2N2/c23-20-7-6-18(12-21(20)24)19-13-22(19)25-14-16-8-10-26(11-9-16)15-17-4-2-1-3-5-17/h1-7,12,16,19,22,25H,8-11,13-15H2/t19-,22+/m0/s1. The average molecular weight is 389 g/mol. The van der Waals surface area contributed by atoms with Gasteiger partial charge in [0.25, 0.3) is 0 Å². The highest BCUT2D eigenvalue weighted by atomic mass is 35.5. The smallest absolute Gasteiger partial charge is 0.0595 e. The lowest BCUT2D eigenvalue weighted by molar-refractivity contribution is 0.175. The monoisotopic (exact) mass is 388 g/mol. The molecule has 1 saturated heterocycles. The zero-order valence-corrected chi connectivity index (χ0v) is 16.5. The van der Waals surface area contributed by atoms with Gasteiger partial charge < -0.3 is 5.32 Å². The van der Waals surface area contributed by atoms with Crippen molar-refractivity contribution in [2.24, 2.45) is 5.92 Å². The zero-order chi connectivity index (χ0) is 17.9. The van der Waals surface area contributed by atoms with Crippen molar-refractivity contribution < 1.29 is 0 Å². The van der Waals surface area contributed by atoms with Gasteiger partial charge in [-0.25, -0.2) is 0 Å². The van der Waals surface area contributed by atoms with Crippen molar-refractivity contribution in [3.8, 4) is 0 Å². The summed E-state index contributed by atoms with van der Waals surface area (Å²) in [5.74, 6) is 1.40. The second-order valence-electron chi connectivity index (χ2n) is 7.74. The summed E-state index contributed by atoms with van der Waals surface area (Å²) in [6, 6.07) is 17.5. The van der Waals surface area contributed by atoms with Gasteiger partial charge in [-0.15, -0.1) is 0 Å². The molecule has 2 atom stereocenters. The number of rotatable bonds is 6. The largest absolute Gasteiger partial charge is 0.313 e. The molecule has 1 aliphatic heterocycles. The average Bonchev–Trinajstić information content (AvgIpc) is 3.44. The molecule has 2 aromatic carbocycles. The van der Waals surface area contributed by atoms with Crippen molar-refractivity contribution in [1.82, 2.24) is 10.2 Å². The number of halogens is 2. The van der Waals surface area contributed by atoms with E-state index in [2.05, 4.69) is 46.6 Å². The van der Waals surface area contributed by atoms with Gasteiger partial charge in [-0.1, -0.05) is 59.6 Å². The summed E-state index contributed by atoms with van der Waals surface area (Å²) >= 11 is 12.2. The first-order valence-electron chi connectivity index (χ1n) is 9.63. The van der Waals surface area contributed by atoms with Gasteiger partial charge in [0, 0.05) is 18.5 Å². The fourth-order valence-corrected chi connectivity index (χ4v) is 4.35. The third-order valence-electron chi connectivity index (χ3n) is 5.79. The maximum absolute atomic E-state index is 6.15. The maximum atomic E-state index is 6.15. The van der Waals surface area contributed by atoms with Gasteiger partial charge in [0.05, 0.1) is 10.0 Å². The molecule has 2 nitrogen and oxygen atoms in total. The first-order valence-corrected chi connectivity index (χ1v) is 10.4. The van der Waals surface area contributed by atoms with Crippen molar-refractivity contribution >= 4 is 23.2 Å². The SMILES string of the molecule is Clc1ccc([C@@H]2C[C@H]2NCC2CCN(Cc3ccccc3)CC2)cc1Cl. The number of piperidine rings is 1. The summed E-state index contributed by atoms with van der Waals surface area (Å²) in [6.07, 6.45) is 3.80. The van der Waals surface area contributed by atoms with Crippen molar-refractivity contribution in [3.05, 3.63) is 69.7 Å². The molecule has 2 fully saturated rings. The lowest BCUT2D eigenvalue weighted by Gasteiger charge is -2.32. The van der Waals surface area contributed by atoms with E-state index in [0.717, 1.165) is 19.0 Å². The Labute approximate surface area is 166 Å². The van der Waals surface area contributed by atoms with E-state index in [0.29, 0.717) is 22.0 Å². The molecule has 1 saturated carbocycles. The minimum atomic E-state index is 0.600. The molecule has 138 valence electrons. The van der Waals surface area contributed by atoms with Crippen LogP contribution >= 0.6 is 23.2 Å². The van der Waals surface area contributed by atoms with Gasteiger partial charge >= 0.3 is 0 Å². The molecule has 2 aromatic rings. The summed E-state index contributed by atoms with van der Waals surface area (Å²) in [7, 11) is 0. The minimum Gasteiger partial charge on any atom is -0.313 e. The first-order chi connectivity index (χ1) is 12.7. The lowest BCUT2D eigenvalue weighted by Crippen LogP contribution is -2.37. The van der Waals surface area contributed by atoms with Crippen LogP contribution in [0, 0.1) is 5.92 Å². The third-order valence-corrected chi connectivity index (χ3v) is 6.53. The summed E-state index contributed by atoms with van der Waals surface area (Å²) in [6.45, 7) is 4.65. The molecule has 4 rings (SSSR count). The molecule has 1 aliphatic carbocycles. The van der Waals surface area contributed by atoms with Crippen molar-refractivity contribution in [2.45, 2.75) is 37.8 Å². The highest BCUT2D eigenvalue weighted by Gasteiger charge is 2.38. The fraction of sp³-hybridized carbons (Fsp3) is 0.455. The van der Waals surface area contributed by atoms with Crippen LogP contribution in [0.5, 0.6) is 0 Å². The number of likely N-dealkylation sites (tertiary alicyclic amines) is 1. The Bertz CT molecular complexity index is 726. The molecule has 0 bridgehead atoms. The van der Waals surface area contributed by atoms with Crippen LogP contribution in [0.15, 0.2) is 48.5 Å². The first kappa shape index (κ1) is 18.3. The Hall–Kier alpha value is -1.06. The number of hydrogen-bond donors (Lipinski definition) is 1. The van der Waals surface area contributed by atoms with Crippen LogP contribution in [-0.4, -0.2) is 30.6 Å². The molecule has 4 heteroatoms. The second kappa shape index (κ2) is 8.31. The summed E-state index contributed by atoms with van der Waals surface area (Å²) < 4.78 is 0. The second-order valence-corrected chi connectivity index (χ2v) is 8.55. The molecular formula is C22H26Cl2N2. The van der Waals surface area contributed by atoms with Crippen molar-refractivity contribution in [1.29, 1.82) is 0 Å². The highest BCUT2D eigenvalue weighted by molar-refractivity contribution is 6.42. The van der Waals surface area contributed by atoms with E-state index in [1.165, 1.54) is 43.5 Å².